The molecule has 0 saturated carbocycles. The fourth-order valence-electron chi connectivity index (χ4n) is 11.1. The number of ketones is 1. The van der Waals surface area contributed by atoms with Crippen LogP contribution in [-0.2, 0) is 38.0 Å². The van der Waals surface area contributed by atoms with Gasteiger partial charge in [-0.05, 0) is 25.7 Å². The minimum atomic E-state index is -2.39. The number of aliphatic hydroxyl groups is 13. The van der Waals surface area contributed by atoms with Gasteiger partial charge in [-0.25, -0.2) is 0 Å². The van der Waals surface area contributed by atoms with Crippen molar-refractivity contribution in [1.29, 1.82) is 0 Å². The van der Waals surface area contributed by atoms with E-state index in [4.69, 9.17) is 28.4 Å². The summed E-state index contributed by atoms with van der Waals surface area (Å²) in [7, 11) is 0. The minimum Gasteiger partial charge on any atom is -0.394 e. The molecule has 0 aromatic heterocycles. The van der Waals surface area contributed by atoms with Gasteiger partial charge in [-0.15, -0.1) is 0 Å². The number of hydrogen-bond donors (Lipinski definition) is 14. The van der Waals surface area contributed by atoms with E-state index < -0.39 is 154 Å². The average Bonchev–Trinajstić information content (AvgIpc) is 3.64. The molecule has 3 heterocycles. The largest absolute Gasteiger partial charge is 0.394 e. The lowest BCUT2D eigenvalue weighted by atomic mass is 9.96. The molecule has 82 heavy (non-hydrogen) atoms. The standard InChI is InChI=1S/C60H113NO21/c1-5-6-7-8-9-10-11-12-13-14-15-16-17-18-21-25-28-31-34-42(65)47(68)51(72)57(76)61-40(46(67)41(64)33-30-27-24-22-19-20-23-26-29-32-38(2)3)37-77-58-54(75)56(82-59-52(73)49(70)45(66)39(4)78-59)55(44(36-63)80-58)81-60-53(74)50(71)48(69)43(35-62)79-60/h38-46,48-56,58-60,62-67,69-75H,5-37H2,1-4H3,(H,61,76). The lowest BCUT2D eigenvalue weighted by Crippen LogP contribution is -2.67. The van der Waals surface area contributed by atoms with Gasteiger partial charge in [0, 0.05) is 0 Å². The van der Waals surface area contributed by atoms with Gasteiger partial charge in [-0.3, -0.25) is 9.59 Å². The van der Waals surface area contributed by atoms with Crippen molar-refractivity contribution in [3.8, 4) is 0 Å². The van der Waals surface area contributed by atoms with E-state index in [9.17, 15) is 76.0 Å². The van der Waals surface area contributed by atoms with Crippen LogP contribution in [0.15, 0.2) is 0 Å². The fourth-order valence-corrected chi connectivity index (χ4v) is 11.1. The molecule has 20 unspecified atom stereocenters. The predicted octanol–water partition coefficient (Wildman–Crippen LogP) is 3.36. The zero-order chi connectivity index (χ0) is 60.6. The molecular weight excluding hydrogens is 1070 g/mol. The van der Waals surface area contributed by atoms with Crippen LogP contribution in [0.2, 0.25) is 0 Å². The van der Waals surface area contributed by atoms with Gasteiger partial charge in [-0.1, -0.05) is 201 Å². The number of ether oxygens (including phenoxy) is 6. The van der Waals surface area contributed by atoms with Crippen molar-refractivity contribution in [2.45, 2.75) is 343 Å². The predicted molar refractivity (Wildman–Crippen MR) is 304 cm³/mol. The Labute approximate surface area is 488 Å². The van der Waals surface area contributed by atoms with Crippen molar-refractivity contribution in [3.63, 3.8) is 0 Å². The normalized spacial score (nSPS) is 30.7. The van der Waals surface area contributed by atoms with Crippen molar-refractivity contribution in [2.24, 2.45) is 5.92 Å². The highest BCUT2D eigenvalue weighted by atomic mass is 16.8. The molecule has 0 radical (unpaired) electrons. The average molecular weight is 1180 g/mol. The molecule has 1 amide bonds. The maximum atomic E-state index is 13.6. The zero-order valence-corrected chi connectivity index (χ0v) is 50.0. The summed E-state index contributed by atoms with van der Waals surface area (Å²) in [5.74, 6) is -1.80. The highest BCUT2D eigenvalue weighted by Gasteiger charge is 2.54. The molecule has 0 aromatic rings. The molecular formula is C60H113NO21. The molecule has 22 heteroatoms. The molecule has 0 aliphatic carbocycles. The molecule has 0 spiro atoms. The highest BCUT2D eigenvalue weighted by molar-refractivity contribution is 6.05. The molecule has 3 aliphatic rings. The summed E-state index contributed by atoms with van der Waals surface area (Å²) >= 11 is 0. The van der Waals surface area contributed by atoms with Crippen molar-refractivity contribution in [3.05, 3.63) is 0 Å². The first-order valence-corrected chi connectivity index (χ1v) is 31.7. The van der Waals surface area contributed by atoms with Crippen LogP contribution in [0.1, 0.15) is 220 Å². The quantitative estimate of drug-likeness (QED) is 0.0307. The van der Waals surface area contributed by atoms with Crippen molar-refractivity contribution >= 4 is 11.7 Å². The van der Waals surface area contributed by atoms with Crippen molar-refractivity contribution < 1.29 is 104 Å². The highest BCUT2D eigenvalue weighted by Crippen LogP contribution is 2.34. The molecule has 20 atom stereocenters. The van der Waals surface area contributed by atoms with Crippen LogP contribution in [0.3, 0.4) is 0 Å². The maximum absolute atomic E-state index is 13.6. The Bertz CT molecular complexity index is 1640. The summed E-state index contributed by atoms with van der Waals surface area (Å²) in [5.41, 5.74) is 0. The first kappa shape index (κ1) is 74.6. The van der Waals surface area contributed by atoms with E-state index in [0.29, 0.717) is 18.8 Å². The van der Waals surface area contributed by atoms with Crippen LogP contribution in [-0.4, -0.2) is 220 Å². The van der Waals surface area contributed by atoms with Gasteiger partial charge in [0.25, 0.3) is 5.91 Å². The fraction of sp³-hybridized carbons (Fsp3) is 0.967. The van der Waals surface area contributed by atoms with Gasteiger partial charge < -0.3 is 100 Å². The SMILES string of the molecule is CCCCCCCCCCCCCCCCCCCCC(O)C(=O)C(O)C(=O)NC(COC1OC(CO)C(OC2OC(CO)C(O)C(O)C2O)C(OC2OC(C)C(O)C(O)C2O)C1O)C(O)C(O)CCCCCCCCCCCC(C)C. The molecule has 3 rings (SSSR count). The van der Waals surface area contributed by atoms with E-state index in [2.05, 4.69) is 26.1 Å². The van der Waals surface area contributed by atoms with Gasteiger partial charge in [0.15, 0.2) is 30.8 Å². The van der Waals surface area contributed by atoms with Gasteiger partial charge in [0.2, 0.25) is 0 Å². The van der Waals surface area contributed by atoms with E-state index >= 15 is 0 Å². The molecule has 14 N–H and O–H groups in total. The second-order valence-electron chi connectivity index (χ2n) is 24.1. The van der Waals surface area contributed by atoms with Gasteiger partial charge in [0.05, 0.1) is 38.1 Å². The number of amides is 1. The number of carbonyl (C=O) groups is 2. The molecule has 3 fully saturated rings. The number of rotatable bonds is 46. The number of hydrogen-bond acceptors (Lipinski definition) is 21. The van der Waals surface area contributed by atoms with E-state index in [-0.39, 0.29) is 12.8 Å². The second-order valence-corrected chi connectivity index (χ2v) is 24.1. The Morgan fingerprint density at radius 3 is 1.37 bits per heavy atom. The Kier molecular flexibility index (Phi) is 38.5. The van der Waals surface area contributed by atoms with E-state index in [1.54, 1.807) is 0 Å². The lowest BCUT2D eigenvalue weighted by Gasteiger charge is -2.49. The summed E-state index contributed by atoms with van der Waals surface area (Å²) < 4.78 is 34.9. The van der Waals surface area contributed by atoms with Crippen LogP contribution in [0.4, 0.5) is 0 Å². The molecule has 484 valence electrons. The molecule has 0 aromatic carbocycles. The third-order valence-corrected chi connectivity index (χ3v) is 16.6. The third-order valence-electron chi connectivity index (χ3n) is 16.6. The van der Waals surface area contributed by atoms with Gasteiger partial charge >= 0.3 is 0 Å². The Morgan fingerprint density at radius 2 is 0.890 bits per heavy atom. The summed E-state index contributed by atoms with van der Waals surface area (Å²) in [6, 6.07) is -1.63. The van der Waals surface area contributed by atoms with Crippen LogP contribution in [0, 0.1) is 5.92 Å². The smallest absolute Gasteiger partial charge is 0.257 e. The van der Waals surface area contributed by atoms with Gasteiger partial charge in [-0.2, -0.15) is 0 Å². The maximum Gasteiger partial charge on any atom is 0.257 e. The third kappa shape index (κ3) is 26.4. The zero-order valence-electron chi connectivity index (χ0n) is 50.0. The summed E-state index contributed by atoms with van der Waals surface area (Å²) in [6.07, 6.45) is -2.56. The first-order chi connectivity index (χ1) is 39.3. The number of carbonyl (C=O) groups excluding carboxylic acids is 2. The summed E-state index contributed by atoms with van der Waals surface area (Å²) in [5, 5.41) is 143. The molecule has 0 bridgehead atoms. The van der Waals surface area contributed by atoms with Crippen LogP contribution in [0.5, 0.6) is 0 Å². The second kappa shape index (κ2) is 42.3. The van der Waals surface area contributed by atoms with Crippen LogP contribution < -0.4 is 5.32 Å². The number of unbranched alkanes of at least 4 members (excludes halogenated alkanes) is 25. The van der Waals surface area contributed by atoms with E-state index in [1.807, 2.05) is 0 Å². The van der Waals surface area contributed by atoms with E-state index in [1.165, 1.54) is 110 Å². The lowest BCUT2D eigenvalue weighted by molar-refractivity contribution is -0.386. The Balaban J connectivity index is 1.66. The van der Waals surface area contributed by atoms with Gasteiger partial charge in [0.1, 0.15) is 79.4 Å². The minimum absolute atomic E-state index is 0.00271. The first-order valence-electron chi connectivity index (χ1n) is 31.7. The van der Waals surface area contributed by atoms with Crippen molar-refractivity contribution in [1.82, 2.24) is 5.32 Å². The monoisotopic (exact) mass is 1180 g/mol. The number of Topliss-reactive ketones (excluding diaryl/α,β-unsaturated/α-hetero) is 1. The molecule has 22 nitrogen and oxygen atoms in total. The topological polar surface area (TPSA) is 365 Å². The summed E-state index contributed by atoms with van der Waals surface area (Å²) in [6.45, 7) is 5.45. The summed E-state index contributed by atoms with van der Waals surface area (Å²) in [4.78, 5) is 26.9. The Morgan fingerprint density at radius 1 is 0.476 bits per heavy atom. The van der Waals surface area contributed by atoms with Crippen molar-refractivity contribution in [2.75, 3.05) is 19.8 Å². The molecule has 3 saturated heterocycles. The molecule has 3 aliphatic heterocycles. The van der Waals surface area contributed by atoms with Crippen LogP contribution in [0.25, 0.3) is 0 Å². The van der Waals surface area contributed by atoms with E-state index in [0.717, 1.165) is 64.2 Å². The van der Waals surface area contributed by atoms with Crippen LogP contribution >= 0.6 is 0 Å². The number of aliphatic hydroxyl groups excluding tert-OH is 13. The Hall–Kier alpha value is -1.62. The number of nitrogens with one attached hydrogen (secondary N) is 1.